The van der Waals surface area contributed by atoms with Gasteiger partial charge in [-0.1, -0.05) is 129 Å². The Morgan fingerprint density at radius 3 is 1.49 bits per heavy atom. The Labute approximate surface area is 347 Å². The van der Waals surface area contributed by atoms with E-state index in [1.807, 2.05) is 0 Å². The first-order valence-corrected chi connectivity index (χ1v) is 21.2. The Morgan fingerprint density at radius 2 is 0.932 bits per heavy atom. The summed E-state index contributed by atoms with van der Waals surface area (Å²) in [7, 11) is 0. The molecule has 1 spiro atoms. The standard InChI is InChI=1S/C56H47N3/c1-39(2)47-37-48-46-29-15-16-30-49(46)58(44-25-11-5-12-26-44)53(48)38-52(47)59(45-27-13-6-14-28-45)51-32-18-20-41-34-36-56(55(41)51)35-33-40-19-17-31-50(54(40)56)57(42-21-7-3-8-22-42)43-23-9-4-10-24-43/h3-32,37-39H,33-36H2,1-2H3/t56-/m1/s1. The molecule has 3 heteroatoms. The van der Waals surface area contributed by atoms with Gasteiger partial charge in [0, 0.05) is 38.9 Å². The molecule has 3 nitrogen and oxygen atoms in total. The number of fused-ring (bicyclic) bond motifs is 7. The number of para-hydroxylation sites is 5. The van der Waals surface area contributed by atoms with Gasteiger partial charge in [-0.2, -0.15) is 0 Å². The lowest BCUT2D eigenvalue weighted by molar-refractivity contribution is 0.508. The van der Waals surface area contributed by atoms with Crippen LogP contribution in [0.1, 0.15) is 60.4 Å². The first-order valence-electron chi connectivity index (χ1n) is 21.2. The summed E-state index contributed by atoms with van der Waals surface area (Å²) in [5.74, 6) is 0.286. The number of hydrogen-bond acceptors (Lipinski definition) is 2. The van der Waals surface area contributed by atoms with E-state index in [0.29, 0.717) is 0 Å². The number of nitrogens with zero attached hydrogens (tertiary/aromatic N) is 3. The van der Waals surface area contributed by atoms with Crippen molar-refractivity contribution >= 4 is 55.9 Å². The number of anilines is 6. The van der Waals surface area contributed by atoms with E-state index >= 15 is 0 Å². The van der Waals surface area contributed by atoms with Gasteiger partial charge < -0.3 is 14.4 Å². The number of benzene rings is 8. The zero-order valence-corrected chi connectivity index (χ0v) is 33.7. The van der Waals surface area contributed by atoms with Crippen LogP contribution in [-0.2, 0) is 18.3 Å². The second-order valence-corrected chi connectivity index (χ2v) is 16.7. The molecule has 11 rings (SSSR count). The molecule has 0 fully saturated rings. The molecule has 1 heterocycles. The average Bonchev–Trinajstić information content (AvgIpc) is 3.97. The van der Waals surface area contributed by atoms with Gasteiger partial charge in [-0.05, 0) is 138 Å². The Morgan fingerprint density at radius 1 is 0.441 bits per heavy atom. The van der Waals surface area contributed by atoms with E-state index in [9.17, 15) is 0 Å². The van der Waals surface area contributed by atoms with E-state index < -0.39 is 0 Å². The zero-order valence-electron chi connectivity index (χ0n) is 33.7. The molecule has 0 N–H and O–H groups in total. The maximum atomic E-state index is 2.61. The quantitative estimate of drug-likeness (QED) is 0.153. The van der Waals surface area contributed by atoms with Gasteiger partial charge in [0.1, 0.15) is 0 Å². The summed E-state index contributed by atoms with van der Waals surface area (Å²) in [6, 6.07) is 71.9. The van der Waals surface area contributed by atoms with Gasteiger partial charge in [0.2, 0.25) is 0 Å². The molecule has 2 aliphatic rings. The van der Waals surface area contributed by atoms with Crippen LogP contribution in [0.5, 0.6) is 0 Å². The third-order valence-electron chi connectivity index (χ3n) is 13.1. The molecule has 0 radical (unpaired) electrons. The molecule has 8 aromatic carbocycles. The Hall–Kier alpha value is -6.84. The molecule has 59 heavy (non-hydrogen) atoms. The molecule has 0 aliphatic heterocycles. The van der Waals surface area contributed by atoms with Crippen LogP contribution in [0.15, 0.2) is 194 Å². The normalized spacial score (nSPS) is 15.6. The minimum atomic E-state index is -0.159. The zero-order chi connectivity index (χ0) is 39.5. The van der Waals surface area contributed by atoms with Gasteiger partial charge in [0.05, 0.1) is 28.1 Å². The highest BCUT2D eigenvalue weighted by atomic mass is 15.2. The highest BCUT2D eigenvalue weighted by Crippen LogP contribution is 2.60. The highest BCUT2D eigenvalue weighted by molar-refractivity contribution is 6.11. The second-order valence-electron chi connectivity index (χ2n) is 16.7. The van der Waals surface area contributed by atoms with Gasteiger partial charge in [-0.25, -0.2) is 0 Å². The van der Waals surface area contributed by atoms with Crippen molar-refractivity contribution in [2.75, 3.05) is 9.80 Å². The van der Waals surface area contributed by atoms with Crippen LogP contribution in [0.3, 0.4) is 0 Å². The van der Waals surface area contributed by atoms with Crippen molar-refractivity contribution < 1.29 is 0 Å². The average molecular weight is 762 g/mol. The summed E-state index contributed by atoms with van der Waals surface area (Å²) in [5, 5.41) is 2.57. The summed E-state index contributed by atoms with van der Waals surface area (Å²) in [6.45, 7) is 4.70. The lowest BCUT2D eigenvalue weighted by Crippen LogP contribution is -2.27. The van der Waals surface area contributed by atoms with E-state index in [4.69, 9.17) is 0 Å². The predicted molar refractivity (Wildman–Crippen MR) is 248 cm³/mol. The molecule has 0 saturated heterocycles. The minimum Gasteiger partial charge on any atom is -0.310 e. The van der Waals surface area contributed by atoms with Crippen molar-refractivity contribution in [2.45, 2.75) is 50.9 Å². The van der Waals surface area contributed by atoms with Crippen LogP contribution in [0, 0.1) is 0 Å². The molecule has 1 aromatic heterocycles. The third-order valence-corrected chi connectivity index (χ3v) is 13.1. The predicted octanol–water partition coefficient (Wildman–Crippen LogP) is 15.0. The molecule has 0 bridgehead atoms. The van der Waals surface area contributed by atoms with Gasteiger partial charge >= 0.3 is 0 Å². The lowest BCUT2D eigenvalue weighted by Gasteiger charge is -2.38. The van der Waals surface area contributed by atoms with Crippen LogP contribution in [0.4, 0.5) is 34.1 Å². The molecule has 1 atom stereocenters. The lowest BCUT2D eigenvalue weighted by atomic mass is 9.74. The van der Waals surface area contributed by atoms with Crippen LogP contribution in [0.25, 0.3) is 27.5 Å². The monoisotopic (exact) mass is 761 g/mol. The van der Waals surface area contributed by atoms with E-state index in [1.54, 1.807) is 0 Å². The summed E-state index contributed by atoms with van der Waals surface area (Å²) in [6.07, 6.45) is 4.28. The van der Waals surface area contributed by atoms with E-state index in [0.717, 1.165) is 25.7 Å². The first-order chi connectivity index (χ1) is 29.1. The van der Waals surface area contributed by atoms with Gasteiger partial charge in [-0.3, -0.25) is 0 Å². The van der Waals surface area contributed by atoms with Crippen molar-refractivity contribution in [3.8, 4) is 5.69 Å². The summed E-state index contributed by atoms with van der Waals surface area (Å²) in [5.41, 5.74) is 18.0. The molecule has 286 valence electrons. The third kappa shape index (κ3) is 5.63. The molecular formula is C56H47N3. The van der Waals surface area contributed by atoms with E-state index in [2.05, 4.69) is 222 Å². The SMILES string of the molecule is CC(C)c1cc2c3ccccc3n(-c3ccccc3)c2cc1N(c1ccccc1)c1cccc2c1[C@]1(CCc3cccc(N(c4ccccc4)c4ccccc4)c31)CC2. The Bertz CT molecular complexity index is 2920. The van der Waals surface area contributed by atoms with Crippen molar-refractivity contribution in [1.29, 1.82) is 0 Å². The fourth-order valence-electron chi connectivity index (χ4n) is 10.6. The van der Waals surface area contributed by atoms with Crippen LogP contribution >= 0.6 is 0 Å². The summed E-state index contributed by atoms with van der Waals surface area (Å²) >= 11 is 0. The van der Waals surface area contributed by atoms with Crippen LogP contribution in [-0.4, -0.2) is 4.57 Å². The van der Waals surface area contributed by atoms with Crippen molar-refractivity contribution in [2.24, 2.45) is 0 Å². The maximum Gasteiger partial charge on any atom is 0.0562 e. The fraction of sp³-hybridized carbons (Fsp3) is 0.143. The fourth-order valence-corrected chi connectivity index (χ4v) is 10.6. The number of hydrogen-bond donors (Lipinski definition) is 0. The molecule has 9 aromatic rings. The molecular weight excluding hydrogens is 715 g/mol. The Balaban J connectivity index is 1.18. The molecule has 0 unspecified atom stereocenters. The number of aromatic nitrogens is 1. The smallest absolute Gasteiger partial charge is 0.0562 e. The number of aryl methyl sites for hydroxylation is 2. The van der Waals surface area contributed by atoms with Crippen molar-refractivity contribution in [1.82, 2.24) is 4.57 Å². The largest absolute Gasteiger partial charge is 0.310 e. The van der Waals surface area contributed by atoms with Gasteiger partial charge in [0.15, 0.2) is 0 Å². The topological polar surface area (TPSA) is 11.4 Å². The maximum absolute atomic E-state index is 2.61. The molecule has 2 aliphatic carbocycles. The number of rotatable bonds is 8. The van der Waals surface area contributed by atoms with Gasteiger partial charge in [0.25, 0.3) is 0 Å². The van der Waals surface area contributed by atoms with Crippen molar-refractivity contribution in [3.63, 3.8) is 0 Å². The van der Waals surface area contributed by atoms with Gasteiger partial charge in [-0.15, -0.1) is 0 Å². The van der Waals surface area contributed by atoms with Crippen LogP contribution < -0.4 is 9.80 Å². The summed E-state index contributed by atoms with van der Waals surface area (Å²) < 4.78 is 2.46. The molecule has 0 saturated carbocycles. The van der Waals surface area contributed by atoms with Crippen molar-refractivity contribution in [3.05, 3.63) is 222 Å². The Kier molecular flexibility index (Phi) is 8.51. The first kappa shape index (κ1) is 35.3. The summed E-state index contributed by atoms with van der Waals surface area (Å²) in [4.78, 5) is 5.11. The molecule has 0 amide bonds. The highest BCUT2D eigenvalue weighted by Gasteiger charge is 2.49. The minimum absolute atomic E-state index is 0.159. The van der Waals surface area contributed by atoms with E-state index in [-0.39, 0.29) is 11.3 Å². The van der Waals surface area contributed by atoms with Crippen LogP contribution in [0.2, 0.25) is 0 Å². The van der Waals surface area contributed by atoms with E-state index in [1.165, 1.54) is 89.4 Å². The second kappa shape index (κ2) is 14.2.